The molecule has 4 unspecified atom stereocenters. The maximum Gasteiger partial charge on any atom is 0.299 e. The monoisotopic (exact) mass is 739 g/mol. The average molecular weight is 739 g/mol. The lowest BCUT2D eigenvalue weighted by Crippen LogP contribution is -2.35. The van der Waals surface area contributed by atoms with Crippen LogP contribution in [0.25, 0.3) is 0 Å². The molecular formula is C43H74N6O2S. The van der Waals surface area contributed by atoms with E-state index in [1.54, 1.807) is 0 Å². The molecule has 0 radical (unpaired) electrons. The van der Waals surface area contributed by atoms with E-state index >= 15 is 0 Å². The molecule has 0 amide bonds. The highest BCUT2D eigenvalue weighted by Gasteiger charge is 2.66. The second kappa shape index (κ2) is 18.9. The summed E-state index contributed by atoms with van der Waals surface area (Å²) in [6, 6.07) is 17.0. The molecule has 2 saturated carbocycles. The van der Waals surface area contributed by atoms with E-state index < -0.39 is 10.2 Å². The SMILES string of the molecule is CCCCCCN1CC2C(C1)C2(C)c1cccc(N)c1.CCCCCCN1CC2C(C1)C2(C)c1cccc(NS(=O)(=O)NC(C)C)c1.CNC(C)C. The lowest BCUT2D eigenvalue weighted by atomic mass is 9.92. The first-order valence-corrected chi connectivity index (χ1v) is 22.1. The number of fused-ring (bicyclic) bond motifs is 2. The molecule has 4 atom stereocenters. The van der Waals surface area contributed by atoms with Crippen LogP contribution in [0, 0.1) is 23.7 Å². The Morgan fingerprint density at radius 1 is 0.712 bits per heavy atom. The molecule has 4 aliphatic rings. The Kier molecular flexibility index (Phi) is 15.5. The summed E-state index contributed by atoms with van der Waals surface area (Å²) in [7, 11) is -1.58. The summed E-state index contributed by atoms with van der Waals surface area (Å²) < 4.78 is 29.5. The summed E-state index contributed by atoms with van der Waals surface area (Å²) in [5.41, 5.74) is 10.8. The van der Waals surface area contributed by atoms with Crippen LogP contribution in [0.15, 0.2) is 48.5 Å². The number of piperidine rings is 2. The first-order chi connectivity index (χ1) is 24.7. The highest BCUT2D eigenvalue weighted by Crippen LogP contribution is 2.64. The largest absolute Gasteiger partial charge is 0.399 e. The van der Waals surface area contributed by atoms with Gasteiger partial charge in [0.1, 0.15) is 0 Å². The molecule has 0 bridgehead atoms. The lowest BCUT2D eigenvalue weighted by molar-refractivity contribution is 0.271. The molecule has 2 aliphatic heterocycles. The Labute approximate surface area is 318 Å². The van der Waals surface area contributed by atoms with E-state index in [9.17, 15) is 8.42 Å². The maximum absolute atomic E-state index is 12.1. The van der Waals surface area contributed by atoms with Gasteiger partial charge in [-0.15, -0.1) is 0 Å². The van der Waals surface area contributed by atoms with Gasteiger partial charge in [-0.1, -0.05) is 104 Å². The molecule has 4 fully saturated rings. The van der Waals surface area contributed by atoms with E-state index in [2.05, 4.69) is 90.4 Å². The minimum Gasteiger partial charge on any atom is -0.399 e. The standard InChI is InChI=1S/C21H35N3O2S.C18H28N2.C4H11N/c1-5-6-7-8-12-24-14-19-20(15-24)21(19,4)17-10-9-11-18(13-17)23-27(25,26)22-16(2)3;1-3-4-5-6-10-20-12-16-17(13-20)18(16,2)14-8-7-9-15(19)11-14;1-4(2)5-3/h9-11,13,16,19-20,22-23H,5-8,12,14-15H2,1-4H3;7-9,11,16-17H,3-6,10,12-13,19H2,1-2H3;4-5H,1-3H3. The zero-order chi connectivity index (χ0) is 38.1. The Hall–Kier alpha value is -2.17. The fourth-order valence-corrected chi connectivity index (χ4v) is 10.1. The first kappa shape index (κ1) is 42.6. The van der Waals surface area contributed by atoms with Crippen molar-refractivity contribution < 1.29 is 8.42 Å². The van der Waals surface area contributed by atoms with Crippen molar-refractivity contribution in [2.75, 3.05) is 56.8 Å². The van der Waals surface area contributed by atoms with E-state index in [0.717, 1.165) is 17.5 Å². The highest BCUT2D eigenvalue weighted by atomic mass is 32.2. The van der Waals surface area contributed by atoms with Crippen molar-refractivity contribution in [1.82, 2.24) is 19.8 Å². The molecule has 8 nitrogen and oxygen atoms in total. The van der Waals surface area contributed by atoms with E-state index in [4.69, 9.17) is 5.73 Å². The fraction of sp³-hybridized carbons (Fsp3) is 0.721. The number of hydrogen-bond acceptors (Lipinski definition) is 6. The zero-order valence-corrected chi connectivity index (χ0v) is 35.0. The number of hydrogen-bond donors (Lipinski definition) is 4. The van der Waals surface area contributed by atoms with Crippen LogP contribution in [0.5, 0.6) is 0 Å². The molecule has 294 valence electrons. The number of nitrogens with two attached hydrogens (primary N) is 1. The Morgan fingerprint density at radius 2 is 1.15 bits per heavy atom. The lowest BCUT2D eigenvalue weighted by Gasteiger charge is -2.25. The second-order valence-electron chi connectivity index (χ2n) is 17.2. The molecule has 6 rings (SSSR count). The second-order valence-corrected chi connectivity index (χ2v) is 18.6. The van der Waals surface area contributed by atoms with Gasteiger partial charge < -0.3 is 20.9 Å². The quantitative estimate of drug-likeness (QED) is 0.0969. The van der Waals surface area contributed by atoms with Gasteiger partial charge in [0.15, 0.2) is 0 Å². The molecule has 2 aromatic carbocycles. The molecule has 0 aromatic heterocycles. The van der Waals surface area contributed by atoms with Gasteiger partial charge in [0, 0.05) is 54.8 Å². The highest BCUT2D eigenvalue weighted by molar-refractivity contribution is 7.90. The number of nitrogens with zero attached hydrogens (tertiary/aromatic N) is 2. The number of likely N-dealkylation sites (tertiary alicyclic amines) is 2. The van der Waals surface area contributed by atoms with Gasteiger partial charge in [-0.2, -0.15) is 13.1 Å². The van der Waals surface area contributed by atoms with Crippen molar-refractivity contribution in [3.8, 4) is 0 Å². The van der Waals surface area contributed by atoms with Gasteiger partial charge in [-0.05, 0) is 106 Å². The third kappa shape index (κ3) is 11.0. The minimum absolute atomic E-state index is 0.130. The predicted molar refractivity (Wildman–Crippen MR) is 222 cm³/mol. The molecule has 9 heteroatoms. The molecule has 2 aromatic rings. The molecule has 0 spiro atoms. The summed E-state index contributed by atoms with van der Waals surface area (Å²) in [5.74, 6) is 3.11. The van der Waals surface area contributed by atoms with Crippen LogP contribution >= 0.6 is 0 Å². The third-order valence-electron chi connectivity index (χ3n) is 12.5. The smallest absolute Gasteiger partial charge is 0.299 e. The molecule has 2 aliphatic carbocycles. The van der Waals surface area contributed by atoms with Gasteiger partial charge in [0.25, 0.3) is 10.2 Å². The van der Waals surface area contributed by atoms with Crippen molar-refractivity contribution in [3.05, 3.63) is 59.7 Å². The van der Waals surface area contributed by atoms with Crippen LogP contribution in [0.1, 0.15) is 118 Å². The van der Waals surface area contributed by atoms with Crippen LogP contribution in [0.3, 0.4) is 0 Å². The van der Waals surface area contributed by atoms with Crippen LogP contribution in [0.4, 0.5) is 11.4 Å². The molecule has 2 heterocycles. The van der Waals surface area contributed by atoms with Gasteiger partial charge in [0.2, 0.25) is 0 Å². The van der Waals surface area contributed by atoms with Crippen LogP contribution in [-0.2, 0) is 21.0 Å². The Bertz CT molecular complexity index is 1470. The normalized spacial score (nSPS) is 27.8. The third-order valence-corrected chi connectivity index (χ3v) is 13.8. The number of nitrogen functional groups attached to an aromatic ring is 1. The Balaban J connectivity index is 0.000000213. The summed E-state index contributed by atoms with van der Waals surface area (Å²) >= 11 is 0. The van der Waals surface area contributed by atoms with E-state index in [0.29, 0.717) is 29.0 Å². The zero-order valence-electron chi connectivity index (χ0n) is 34.2. The van der Waals surface area contributed by atoms with Gasteiger partial charge in [-0.25, -0.2) is 0 Å². The van der Waals surface area contributed by atoms with Gasteiger partial charge in [0.05, 0.1) is 5.69 Å². The van der Waals surface area contributed by atoms with Gasteiger partial charge in [-0.3, -0.25) is 4.72 Å². The van der Waals surface area contributed by atoms with E-state index in [-0.39, 0.29) is 11.5 Å². The average Bonchev–Trinajstić information content (AvgIpc) is 3.58. The van der Waals surface area contributed by atoms with Gasteiger partial charge >= 0.3 is 0 Å². The summed E-state index contributed by atoms with van der Waals surface area (Å²) in [6.45, 7) is 24.6. The van der Waals surface area contributed by atoms with Crippen molar-refractivity contribution in [2.45, 2.75) is 130 Å². The molecule has 52 heavy (non-hydrogen) atoms. The first-order valence-electron chi connectivity index (χ1n) is 20.6. The van der Waals surface area contributed by atoms with E-state index in [1.165, 1.54) is 102 Å². The summed E-state index contributed by atoms with van der Waals surface area (Å²) in [4.78, 5) is 5.30. The molecular weight excluding hydrogens is 665 g/mol. The van der Waals surface area contributed by atoms with Crippen molar-refractivity contribution in [1.29, 1.82) is 0 Å². The number of benzene rings is 2. The van der Waals surface area contributed by atoms with Crippen molar-refractivity contribution >= 4 is 21.6 Å². The number of nitrogens with one attached hydrogen (secondary N) is 3. The maximum atomic E-state index is 12.1. The van der Waals surface area contributed by atoms with Crippen LogP contribution in [0.2, 0.25) is 0 Å². The van der Waals surface area contributed by atoms with Crippen molar-refractivity contribution in [2.24, 2.45) is 23.7 Å². The predicted octanol–water partition coefficient (Wildman–Crippen LogP) is 8.02. The van der Waals surface area contributed by atoms with Crippen molar-refractivity contribution in [3.63, 3.8) is 0 Å². The molecule has 2 saturated heterocycles. The number of rotatable bonds is 17. The van der Waals surface area contributed by atoms with Crippen LogP contribution in [-0.4, -0.2) is 76.6 Å². The molecule has 5 N–H and O–H groups in total. The fourth-order valence-electron chi connectivity index (χ4n) is 8.96. The minimum atomic E-state index is -3.53. The topological polar surface area (TPSA) is 103 Å². The van der Waals surface area contributed by atoms with Crippen LogP contribution < -0.4 is 20.5 Å². The summed E-state index contributed by atoms with van der Waals surface area (Å²) in [6.07, 6.45) is 10.8. The number of anilines is 2. The summed E-state index contributed by atoms with van der Waals surface area (Å²) in [5, 5.41) is 3.03. The van der Waals surface area contributed by atoms with E-state index in [1.807, 2.05) is 45.2 Å². The number of unbranched alkanes of at least 4 members (excludes halogenated alkanes) is 6. The Morgan fingerprint density at radius 3 is 1.56 bits per heavy atom.